The molecular formula is C19H16Cl2N2O3. The van der Waals surface area contributed by atoms with Crippen molar-refractivity contribution < 1.29 is 14.3 Å². The molecule has 0 saturated heterocycles. The maximum Gasteiger partial charge on any atom is 0.283 e. The van der Waals surface area contributed by atoms with E-state index >= 15 is 0 Å². The molecule has 2 aromatic carbocycles. The number of aryl methyl sites for hydroxylation is 1. The molecule has 0 atom stereocenters. The van der Waals surface area contributed by atoms with Crippen molar-refractivity contribution in [3.63, 3.8) is 0 Å². The molecule has 1 aliphatic rings. The molecule has 7 heteroatoms. The summed E-state index contributed by atoms with van der Waals surface area (Å²) >= 11 is 12.1. The summed E-state index contributed by atoms with van der Waals surface area (Å²) in [4.78, 5) is 26.5. The van der Waals surface area contributed by atoms with Gasteiger partial charge in [0.15, 0.2) is 0 Å². The highest BCUT2D eigenvalue weighted by atomic mass is 35.5. The zero-order valence-electron chi connectivity index (χ0n) is 14.2. The highest BCUT2D eigenvalue weighted by Gasteiger charge is 2.39. The van der Waals surface area contributed by atoms with E-state index in [2.05, 4.69) is 5.32 Å². The second-order valence-electron chi connectivity index (χ2n) is 5.62. The Balaban J connectivity index is 1.95. The number of amides is 2. The van der Waals surface area contributed by atoms with Crippen LogP contribution in [-0.4, -0.2) is 18.4 Å². The van der Waals surface area contributed by atoms with Gasteiger partial charge < -0.3 is 10.1 Å². The van der Waals surface area contributed by atoms with Gasteiger partial charge in [0.25, 0.3) is 11.8 Å². The molecule has 0 bridgehead atoms. The van der Waals surface area contributed by atoms with Gasteiger partial charge in [0.1, 0.15) is 16.5 Å². The van der Waals surface area contributed by atoms with Gasteiger partial charge in [-0.1, -0.05) is 35.3 Å². The number of anilines is 2. The van der Waals surface area contributed by atoms with Crippen LogP contribution < -0.4 is 15.0 Å². The third kappa shape index (κ3) is 3.28. The van der Waals surface area contributed by atoms with E-state index in [4.69, 9.17) is 27.9 Å². The Hall–Kier alpha value is -2.50. The van der Waals surface area contributed by atoms with Crippen LogP contribution in [-0.2, 0) is 9.59 Å². The molecule has 1 aliphatic heterocycles. The Morgan fingerprint density at radius 2 is 1.81 bits per heavy atom. The third-order valence-corrected chi connectivity index (χ3v) is 4.46. The van der Waals surface area contributed by atoms with E-state index in [9.17, 15) is 9.59 Å². The van der Waals surface area contributed by atoms with E-state index in [1.165, 1.54) is 0 Å². The molecule has 0 spiro atoms. The van der Waals surface area contributed by atoms with Crippen LogP contribution in [0.1, 0.15) is 12.5 Å². The Morgan fingerprint density at radius 3 is 2.50 bits per heavy atom. The number of halogens is 2. The molecule has 5 nitrogen and oxygen atoms in total. The molecule has 0 fully saturated rings. The van der Waals surface area contributed by atoms with Crippen molar-refractivity contribution in [2.45, 2.75) is 13.8 Å². The first-order valence-electron chi connectivity index (χ1n) is 7.97. The number of nitrogens with zero attached hydrogens (tertiary/aromatic N) is 1. The minimum atomic E-state index is -0.585. The summed E-state index contributed by atoms with van der Waals surface area (Å²) in [7, 11) is 0. The summed E-state index contributed by atoms with van der Waals surface area (Å²) in [6.07, 6.45) is 0. The van der Waals surface area contributed by atoms with Gasteiger partial charge in [0.2, 0.25) is 0 Å². The van der Waals surface area contributed by atoms with Crippen molar-refractivity contribution >= 4 is 46.4 Å². The van der Waals surface area contributed by atoms with Gasteiger partial charge in [-0.25, -0.2) is 4.90 Å². The molecule has 0 saturated carbocycles. The molecule has 1 N–H and O–H groups in total. The van der Waals surface area contributed by atoms with E-state index in [1.54, 1.807) is 43.3 Å². The Kier molecular flexibility index (Phi) is 5.20. The Morgan fingerprint density at radius 1 is 1.08 bits per heavy atom. The third-order valence-electron chi connectivity index (χ3n) is 3.87. The fraction of sp³-hybridized carbons (Fsp3) is 0.158. The molecule has 2 aromatic rings. The lowest BCUT2D eigenvalue weighted by atomic mass is 10.2. The smallest absolute Gasteiger partial charge is 0.283 e. The van der Waals surface area contributed by atoms with Crippen LogP contribution >= 0.6 is 23.2 Å². The van der Waals surface area contributed by atoms with E-state index < -0.39 is 11.8 Å². The first-order valence-corrected chi connectivity index (χ1v) is 8.73. The lowest BCUT2D eigenvalue weighted by Crippen LogP contribution is -2.32. The topological polar surface area (TPSA) is 58.6 Å². The first-order chi connectivity index (χ1) is 12.4. The fourth-order valence-corrected chi connectivity index (χ4v) is 3.13. The van der Waals surface area contributed by atoms with Crippen LogP contribution in [0.4, 0.5) is 11.4 Å². The zero-order chi connectivity index (χ0) is 18.8. The second kappa shape index (κ2) is 7.40. The molecule has 0 aliphatic carbocycles. The summed E-state index contributed by atoms with van der Waals surface area (Å²) in [6.45, 7) is 4.10. The molecule has 0 unspecified atom stereocenters. The quantitative estimate of drug-likeness (QED) is 0.764. The highest BCUT2D eigenvalue weighted by Crippen LogP contribution is 2.34. The summed E-state index contributed by atoms with van der Waals surface area (Å²) in [5.74, 6) is -0.552. The summed E-state index contributed by atoms with van der Waals surface area (Å²) in [5, 5.41) is 3.29. The molecule has 1 heterocycles. The largest absolute Gasteiger partial charge is 0.492 e. The number of carbonyl (C=O) groups excluding carboxylic acids is 2. The van der Waals surface area contributed by atoms with Crippen LogP contribution in [0, 0.1) is 6.92 Å². The number of hydrogen-bond donors (Lipinski definition) is 1. The molecule has 2 amide bonds. The predicted octanol–water partition coefficient (Wildman–Crippen LogP) is 4.48. The number of rotatable bonds is 5. The molecular weight excluding hydrogens is 375 g/mol. The van der Waals surface area contributed by atoms with Crippen molar-refractivity contribution in [2.75, 3.05) is 16.8 Å². The van der Waals surface area contributed by atoms with Crippen molar-refractivity contribution in [1.29, 1.82) is 0 Å². The van der Waals surface area contributed by atoms with Crippen LogP contribution in [0.25, 0.3) is 0 Å². The number of para-hydroxylation sites is 2. The Labute approximate surface area is 161 Å². The summed E-state index contributed by atoms with van der Waals surface area (Å²) in [6, 6.07) is 12.0. The molecule has 26 heavy (non-hydrogen) atoms. The minimum absolute atomic E-state index is 0.0122. The fourth-order valence-electron chi connectivity index (χ4n) is 2.69. The van der Waals surface area contributed by atoms with Gasteiger partial charge in [0, 0.05) is 5.02 Å². The lowest BCUT2D eigenvalue weighted by molar-refractivity contribution is -0.120. The molecule has 0 radical (unpaired) electrons. The normalized spacial score (nSPS) is 14.2. The number of ether oxygens (including phenoxy) is 1. The van der Waals surface area contributed by atoms with Gasteiger partial charge in [-0.2, -0.15) is 0 Å². The van der Waals surface area contributed by atoms with Crippen molar-refractivity contribution in [3.05, 3.63) is 63.8 Å². The van der Waals surface area contributed by atoms with Gasteiger partial charge in [-0.3, -0.25) is 9.59 Å². The van der Waals surface area contributed by atoms with Crippen LogP contribution in [0.2, 0.25) is 5.02 Å². The molecule has 0 aromatic heterocycles. The van der Waals surface area contributed by atoms with Crippen LogP contribution in [0.5, 0.6) is 5.75 Å². The number of carbonyl (C=O) groups is 2. The van der Waals surface area contributed by atoms with E-state index in [-0.39, 0.29) is 10.7 Å². The number of imide groups is 1. The number of benzene rings is 2. The standard InChI is InChI=1S/C19H16Cl2N2O3/c1-3-26-15-7-5-4-6-13(15)22-17-16(21)18(24)23(19(17)25)14-9-8-12(20)10-11(14)2/h4-10,22H,3H2,1-2H3. The predicted molar refractivity (Wildman–Crippen MR) is 103 cm³/mol. The van der Waals surface area contributed by atoms with Crippen LogP contribution in [0.3, 0.4) is 0 Å². The summed E-state index contributed by atoms with van der Waals surface area (Å²) in [5.41, 5.74) is 1.70. The maximum absolute atomic E-state index is 12.9. The molecule has 3 rings (SSSR count). The van der Waals surface area contributed by atoms with Crippen molar-refractivity contribution in [2.24, 2.45) is 0 Å². The minimum Gasteiger partial charge on any atom is -0.492 e. The highest BCUT2D eigenvalue weighted by molar-refractivity contribution is 6.53. The SMILES string of the molecule is CCOc1ccccc1NC1=C(Cl)C(=O)N(c2ccc(Cl)cc2C)C1=O. The van der Waals surface area contributed by atoms with Gasteiger partial charge >= 0.3 is 0 Å². The van der Waals surface area contributed by atoms with Crippen LogP contribution in [0.15, 0.2) is 53.2 Å². The monoisotopic (exact) mass is 390 g/mol. The maximum atomic E-state index is 12.9. The number of nitrogens with one attached hydrogen (secondary N) is 1. The zero-order valence-corrected chi connectivity index (χ0v) is 15.7. The van der Waals surface area contributed by atoms with E-state index in [1.807, 2.05) is 13.0 Å². The average Bonchev–Trinajstić information content (AvgIpc) is 2.81. The average molecular weight is 391 g/mol. The van der Waals surface area contributed by atoms with Gasteiger partial charge in [0.05, 0.1) is 18.0 Å². The van der Waals surface area contributed by atoms with E-state index in [0.717, 1.165) is 4.90 Å². The number of hydrogen-bond acceptors (Lipinski definition) is 4. The first kappa shape index (κ1) is 18.3. The van der Waals surface area contributed by atoms with Crippen molar-refractivity contribution in [1.82, 2.24) is 0 Å². The second-order valence-corrected chi connectivity index (χ2v) is 6.43. The lowest BCUT2D eigenvalue weighted by Gasteiger charge is -2.18. The van der Waals surface area contributed by atoms with Gasteiger partial charge in [-0.15, -0.1) is 0 Å². The van der Waals surface area contributed by atoms with E-state index in [0.29, 0.717) is 34.3 Å². The van der Waals surface area contributed by atoms with Crippen molar-refractivity contribution in [3.8, 4) is 5.75 Å². The summed E-state index contributed by atoms with van der Waals surface area (Å²) < 4.78 is 5.54. The van der Waals surface area contributed by atoms with Gasteiger partial charge in [-0.05, 0) is 49.7 Å². The Bertz CT molecular complexity index is 925. The molecule has 134 valence electrons.